The fraction of sp³-hybridized carbons (Fsp3) is 0.200. The molecule has 41 heavy (non-hydrogen) atoms. The molecule has 11 heteroatoms. The molecule has 0 aromatic heterocycles. The maximum absolute atomic E-state index is 12.9. The summed E-state index contributed by atoms with van der Waals surface area (Å²) in [6.45, 7) is 5.50. The smallest absolute Gasteiger partial charge is 0.294 e. The number of ether oxygens (including phenoxy) is 2. The van der Waals surface area contributed by atoms with Gasteiger partial charge in [-0.05, 0) is 104 Å². The van der Waals surface area contributed by atoms with Gasteiger partial charge in [-0.15, -0.1) is 0 Å². The minimum Gasteiger partial charge on any atom is -0.490 e. The summed E-state index contributed by atoms with van der Waals surface area (Å²) in [5, 5.41) is 4.95. The van der Waals surface area contributed by atoms with E-state index in [1.807, 2.05) is 39.0 Å². The van der Waals surface area contributed by atoms with Gasteiger partial charge in [0, 0.05) is 15.8 Å². The summed E-state index contributed by atoms with van der Waals surface area (Å²) in [4.78, 5) is 51.4. The molecule has 0 saturated carbocycles. The van der Waals surface area contributed by atoms with Crippen molar-refractivity contribution in [1.82, 2.24) is 4.90 Å². The van der Waals surface area contributed by atoms with Crippen LogP contribution in [0.25, 0.3) is 6.08 Å². The normalized spacial score (nSPS) is 13.9. The maximum Gasteiger partial charge on any atom is 0.294 e. The molecule has 1 saturated heterocycles. The number of nitrogens with one attached hydrogen (secondary N) is 2. The van der Waals surface area contributed by atoms with Crippen LogP contribution in [0.4, 0.5) is 16.2 Å². The van der Waals surface area contributed by atoms with Gasteiger partial charge in [0.15, 0.2) is 18.1 Å². The van der Waals surface area contributed by atoms with Crippen LogP contribution in [0.1, 0.15) is 23.6 Å². The van der Waals surface area contributed by atoms with Crippen LogP contribution < -0.4 is 20.1 Å². The predicted molar refractivity (Wildman–Crippen MR) is 163 cm³/mol. The molecule has 0 bridgehead atoms. The molecular weight excluding hydrogens is 610 g/mol. The van der Waals surface area contributed by atoms with Crippen molar-refractivity contribution < 1.29 is 28.7 Å². The Hall–Kier alpha value is -4.09. The SMILES string of the molecule is CCOc1cc(/C=C2/SC(=O)N(CC(=O)Nc3ccc(Br)cc3)C2=O)ccc1OCC(=O)Nc1ccc(C)c(C)c1. The van der Waals surface area contributed by atoms with Gasteiger partial charge in [0.25, 0.3) is 17.1 Å². The third kappa shape index (κ3) is 7.99. The molecule has 4 rings (SSSR count). The number of carbonyl (C=O) groups excluding carboxylic acids is 4. The van der Waals surface area contributed by atoms with Crippen LogP contribution in [0.2, 0.25) is 0 Å². The first kappa shape index (κ1) is 29.9. The molecule has 0 spiro atoms. The van der Waals surface area contributed by atoms with E-state index in [1.165, 1.54) is 0 Å². The number of rotatable bonds is 10. The molecule has 212 valence electrons. The molecule has 1 heterocycles. The van der Waals surface area contributed by atoms with Crippen molar-refractivity contribution in [1.29, 1.82) is 0 Å². The van der Waals surface area contributed by atoms with E-state index in [0.717, 1.165) is 32.3 Å². The fourth-order valence-corrected chi connectivity index (χ4v) is 4.93. The van der Waals surface area contributed by atoms with Crippen LogP contribution in [0, 0.1) is 13.8 Å². The molecule has 0 aliphatic carbocycles. The van der Waals surface area contributed by atoms with Gasteiger partial charge in [-0.3, -0.25) is 24.1 Å². The Morgan fingerprint density at radius 1 is 0.878 bits per heavy atom. The van der Waals surface area contributed by atoms with Crippen molar-refractivity contribution in [3.05, 3.63) is 86.7 Å². The summed E-state index contributed by atoms with van der Waals surface area (Å²) in [6, 6.07) is 17.6. The Kier molecular flexibility index (Phi) is 9.85. The molecule has 0 radical (unpaired) electrons. The standard InChI is InChI=1S/C30H28BrN3O6S/c1-4-39-25-14-20(6-12-24(25)40-17-28(36)33-23-9-5-18(2)19(3)13-23)15-26-29(37)34(30(38)41-26)16-27(35)32-22-10-7-21(31)8-11-22/h5-15H,4,16-17H2,1-3H3,(H,32,35)(H,33,36)/b26-15+. The van der Waals surface area contributed by atoms with Crippen LogP contribution in [-0.4, -0.2) is 47.6 Å². The first-order chi connectivity index (χ1) is 19.6. The van der Waals surface area contributed by atoms with Crippen molar-refractivity contribution in [3.63, 3.8) is 0 Å². The van der Waals surface area contributed by atoms with Crippen LogP contribution in [0.15, 0.2) is 70.0 Å². The third-order valence-electron chi connectivity index (χ3n) is 6.02. The average Bonchev–Trinajstić information content (AvgIpc) is 3.19. The first-order valence-electron chi connectivity index (χ1n) is 12.7. The van der Waals surface area contributed by atoms with E-state index in [0.29, 0.717) is 35.0 Å². The van der Waals surface area contributed by atoms with Gasteiger partial charge in [0.2, 0.25) is 5.91 Å². The van der Waals surface area contributed by atoms with Crippen molar-refractivity contribution in [3.8, 4) is 11.5 Å². The Bertz CT molecular complexity index is 1520. The first-order valence-corrected chi connectivity index (χ1v) is 14.3. The number of anilines is 2. The van der Waals surface area contributed by atoms with Crippen molar-refractivity contribution in [2.75, 3.05) is 30.4 Å². The fourth-order valence-electron chi connectivity index (χ4n) is 3.83. The second-order valence-electron chi connectivity index (χ2n) is 9.10. The third-order valence-corrected chi connectivity index (χ3v) is 7.45. The number of nitrogens with zero attached hydrogens (tertiary/aromatic N) is 1. The number of hydrogen-bond acceptors (Lipinski definition) is 7. The Balaban J connectivity index is 1.40. The maximum atomic E-state index is 12.9. The summed E-state index contributed by atoms with van der Waals surface area (Å²) in [7, 11) is 0. The van der Waals surface area contributed by atoms with E-state index in [2.05, 4.69) is 26.6 Å². The molecule has 3 aromatic rings. The lowest BCUT2D eigenvalue weighted by Crippen LogP contribution is -2.36. The van der Waals surface area contributed by atoms with E-state index in [-0.39, 0.29) is 17.4 Å². The molecule has 2 N–H and O–H groups in total. The lowest BCUT2D eigenvalue weighted by molar-refractivity contribution is -0.127. The highest BCUT2D eigenvalue weighted by molar-refractivity contribution is 9.10. The van der Waals surface area contributed by atoms with Crippen molar-refractivity contribution >= 4 is 68.1 Å². The molecule has 1 aliphatic heterocycles. The number of halogens is 1. The topological polar surface area (TPSA) is 114 Å². The zero-order valence-corrected chi connectivity index (χ0v) is 25.1. The van der Waals surface area contributed by atoms with Gasteiger partial charge in [0.1, 0.15) is 6.54 Å². The highest BCUT2D eigenvalue weighted by Crippen LogP contribution is 2.34. The van der Waals surface area contributed by atoms with E-state index in [9.17, 15) is 19.2 Å². The monoisotopic (exact) mass is 637 g/mol. The van der Waals surface area contributed by atoms with E-state index < -0.39 is 23.6 Å². The van der Waals surface area contributed by atoms with Crippen LogP contribution in [-0.2, 0) is 14.4 Å². The largest absolute Gasteiger partial charge is 0.490 e. The molecule has 9 nitrogen and oxygen atoms in total. The Morgan fingerprint density at radius 2 is 1.59 bits per heavy atom. The zero-order chi connectivity index (χ0) is 29.5. The molecule has 4 amide bonds. The molecular formula is C30H28BrN3O6S. The van der Waals surface area contributed by atoms with Gasteiger partial charge in [-0.2, -0.15) is 0 Å². The average molecular weight is 639 g/mol. The molecule has 0 atom stereocenters. The van der Waals surface area contributed by atoms with E-state index in [1.54, 1.807) is 48.5 Å². The summed E-state index contributed by atoms with van der Waals surface area (Å²) in [6.07, 6.45) is 1.55. The number of amides is 4. The van der Waals surface area contributed by atoms with Gasteiger partial charge >= 0.3 is 0 Å². The molecule has 0 unspecified atom stereocenters. The summed E-state index contributed by atoms with van der Waals surface area (Å²) >= 11 is 4.08. The quantitative estimate of drug-likeness (QED) is 0.256. The Morgan fingerprint density at radius 3 is 2.29 bits per heavy atom. The van der Waals surface area contributed by atoms with Crippen LogP contribution >= 0.6 is 27.7 Å². The van der Waals surface area contributed by atoms with Gasteiger partial charge in [-0.25, -0.2) is 0 Å². The van der Waals surface area contributed by atoms with E-state index in [4.69, 9.17) is 9.47 Å². The number of aryl methyl sites for hydroxylation is 2. The number of carbonyl (C=O) groups is 4. The molecule has 3 aromatic carbocycles. The highest BCUT2D eigenvalue weighted by Gasteiger charge is 2.36. The lowest BCUT2D eigenvalue weighted by atomic mass is 10.1. The van der Waals surface area contributed by atoms with E-state index >= 15 is 0 Å². The zero-order valence-electron chi connectivity index (χ0n) is 22.7. The van der Waals surface area contributed by atoms with Crippen molar-refractivity contribution in [2.45, 2.75) is 20.8 Å². The minimum atomic E-state index is -0.563. The molecule has 1 aliphatic rings. The summed E-state index contributed by atoms with van der Waals surface area (Å²) < 4.78 is 12.3. The second kappa shape index (κ2) is 13.5. The Labute approximate surface area is 250 Å². The summed E-state index contributed by atoms with van der Waals surface area (Å²) in [5.41, 5.74) is 4.02. The number of thioether (sulfide) groups is 1. The van der Waals surface area contributed by atoms with Gasteiger partial charge in [0.05, 0.1) is 11.5 Å². The summed E-state index contributed by atoms with van der Waals surface area (Å²) in [5.74, 6) is -0.632. The van der Waals surface area contributed by atoms with Crippen LogP contribution in [0.5, 0.6) is 11.5 Å². The predicted octanol–water partition coefficient (Wildman–Crippen LogP) is 6.16. The van der Waals surface area contributed by atoms with Gasteiger partial charge < -0.3 is 20.1 Å². The lowest BCUT2D eigenvalue weighted by Gasteiger charge is -2.13. The number of benzene rings is 3. The highest BCUT2D eigenvalue weighted by atomic mass is 79.9. The minimum absolute atomic E-state index is 0.176. The second-order valence-corrected chi connectivity index (χ2v) is 11.0. The molecule has 1 fully saturated rings. The van der Waals surface area contributed by atoms with Gasteiger partial charge in [-0.1, -0.05) is 28.1 Å². The number of hydrogen-bond donors (Lipinski definition) is 2. The van der Waals surface area contributed by atoms with Crippen LogP contribution in [0.3, 0.4) is 0 Å². The van der Waals surface area contributed by atoms with Crippen molar-refractivity contribution in [2.24, 2.45) is 0 Å². The number of imide groups is 1.